The minimum atomic E-state index is -6.73. The van der Waals surface area contributed by atoms with Crippen LogP contribution in [0.25, 0.3) is 0 Å². The van der Waals surface area contributed by atoms with Crippen molar-refractivity contribution in [2.45, 2.75) is 102 Å². The molecule has 2 saturated carbocycles. The standard InChI is InChI=1S/C28H36F9NO3.C2H6/c1-24-11-10-20-19-7-5-18(39-15-12-38-2)16-17(19)4-6-21(20)22(24)8-9-23(24)40-13-3-14-41-25(26(29,30)31,27(32,33)34)28(35,36)37;1-2/h5,7,16,20-23,38H,3-4,6,8-15H2,1-2H3;1-2H3. The van der Waals surface area contributed by atoms with Gasteiger partial charge in [0.1, 0.15) is 12.4 Å². The summed E-state index contributed by atoms with van der Waals surface area (Å²) in [4.78, 5) is 0. The molecule has 0 aliphatic heterocycles. The van der Waals surface area contributed by atoms with Crippen LogP contribution in [0.2, 0.25) is 0 Å². The van der Waals surface area contributed by atoms with E-state index in [0.29, 0.717) is 30.8 Å². The largest absolute Gasteiger partial charge is 0.492 e. The molecule has 0 radical (unpaired) electrons. The fourth-order valence-corrected chi connectivity index (χ4v) is 7.38. The van der Waals surface area contributed by atoms with Crippen LogP contribution in [0.1, 0.15) is 76.3 Å². The van der Waals surface area contributed by atoms with Crippen molar-refractivity contribution in [1.29, 1.82) is 0 Å². The summed E-state index contributed by atoms with van der Waals surface area (Å²) in [6.07, 6.45) is -15.8. The lowest BCUT2D eigenvalue weighted by molar-refractivity contribution is -0.457. The molecular formula is C30H42F9NO3. The van der Waals surface area contributed by atoms with Crippen molar-refractivity contribution in [3.8, 4) is 5.75 Å². The second kappa shape index (κ2) is 13.7. The second-order valence-corrected chi connectivity index (χ2v) is 11.6. The Morgan fingerprint density at radius 1 is 0.860 bits per heavy atom. The Morgan fingerprint density at radius 3 is 2.12 bits per heavy atom. The molecule has 4 nitrogen and oxygen atoms in total. The fourth-order valence-electron chi connectivity index (χ4n) is 7.38. The van der Waals surface area contributed by atoms with Gasteiger partial charge in [-0.3, -0.25) is 0 Å². The normalized spacial score (nSPS) is 27.5. The van der Waals surface area contributed by atoms with Crippen LogP contribution in [0.4, 0.5) is 39.5 Å². The zero-order valence-corrected chi connectivity index (χ0v) is 24.9. The molecule has 43 heavy (non-hydrogen) atoms. The molecule has 3 aliphatic carbocycles. The van der Waals surface area contributed by atoms with Crippen LogP contribution < -0.4 is 10.1 Å². The Balaban J connectivity index is 0.00000248. The number of benzene rings is 1. The van der Waals surface area contributed by atoms with E-state index < -0.39 is 37.2 Å². The molecule has 3 aliphatic rings. The number of rotatable bonds is 10. The lowest BCUT2D eigenvalue weighted by Crippen LogP contribution is -2.67. The summed E-state index contributed by atoms with van der Waals surface area (Å²) in [6.45, 7) is 5.71. The summed E-state index contributed by atoms with van der Waals surface area (Å²) in [5.41, 5.74) is -3.86. The van der Waals surface area contributed by atoms with Crippen molar-refractivity contribution in [3.05, 3.63) is 29.3 Å². The first kappa shape index (κ1) is 35.7. The van der Waals surface area contributed by atoms with Crippen molar-refractivity contribution in [1.82, 2.24) is 5.32 Å². The van der Waals surface area contributed by atoms with Gasteiger partial charge in [0.05, 0.1) is 12.7 Å². The molecule has 1 aromatic carbocycles. The highest BCUT2D eigenvalue weighted by Gasteiger charge is 2.85. The van der Waals surface area contributed by atoms with Crippen LogP contribution in [0.15, 0.2) is 18.2 Å². The first-order valence-corrected chi connectivity index (χ1v) is 14.9. The number of aryl methyl sites for hydroxylation is 1. The lowest BCUT2D eigenvalue weighted by atomic mass is 9.55. The van der Waals surface area contributed by atoms with Gasteiger partial charge < -0.3 is 19.5 Å². The Morgan fingerprint density at radius 2 is 1.51 bits per heavy atom. The van der Waals surface area contributed by atoms with Gasteiger partial charge in [0.25, 0.3) is 0 Å². The second-order valence-electron chi connectivity index (χ2n) is 11.6. The van der Waals surface area contributed by atoms with Gasteiger partial charge in [-0.2, -0.15) is 39.5 Å². The van der Waals surface area contributed by atoms with Gasteiger partial charge in [0.15, 0.2) is 0 Å². The molecule has 0 aromatic heterocycles. The van der Waals surface area contributed by atoms with E-state index in [0.717, 1.165) is 44.4 Å². The molecule has 4 rings (SSSR count). The first-order valence-electron chi connectivity index (χ1n) is 14.9. The molecule has 0 spiro atoms. The zero-order valence-electron chi connectivity index (χ0n) is 24.9. The number of hydrogen-bond acceptors (Lipinski definition) is 4. The van der Waals surface area contributed by atoms with Crippen LogP contribution in [-0.4, -0.2) is 63.6 Å². The summed E-state index contributed by atoms with van der Waals surface area (Å²) >= 11 is 0. The molecule has 0 bridgehead atoms. The maximum absolute atomic E-state index is 13.1. The van der Waals surface area contributed by atoms with Crippen LogP contribution >= 0.6 is 0 Å². The predicted octanol–water partition coefficient (Wildman–Crippen LogP) is 8.38. The van der Waals surface area contributed by atoms with Crippen LogP contribution in [0, 0.1) is 17.3 Å². The third-order valence-corrected chi connectivity index (χ3v) is 9.36. The van der Waals surface area contributed by atoms with Gasteiger partial charge in [0, 0.05) is 13.2 Å². The number of fused-ring (bicyclic) bond motifs is 5. The van der Waals surface area contributed by atoms with Gasteiger partial charge in [0.2, 0.25) is 0 Å². The van der Waals surface area contributed by atoms with E-state index in [-0.39, 0.29) is 18.1 Å². The van der Waals surface area contributed by atoms with Gasteiger partial charge in [-0.25, -0.2) is 0 Å². The van der Waals surface area contributed by atoms with Crippen molar-refractivity contribution in [3.63, 3.8) is 0 Å². The number of halogens is 9. The number of hydrogen-bond donors (Lipinski definition) is 1. The molecule has 1 N–H and O–H groups in total. The third-order valence-electron chi connectivity index (χ3n) is 9.36. The lowest BCUT2D eigenvalue weighted by Gasteiger charge is -2.50. The van der Waals surface area contributed by atoms with Crippen molar-refractivity contribution in [2.75, 3.05) is 33.4 Å². The number of alkyl halides is 9. The maximum Gasteiger partial charge on any atom is 0.435 e. The summed E-state index contributed by atoms with van der Waals surface area (Å²) in [6, 6.07) is 6.26. The van der Waals surface area contributed by atoms with E-state index in [1.807, 2.05) is 27.0 Å². The molecule has 13 heteroatoms. The number of likely N-dealkylation sites (N-methyl/N-ethyl adjacent to an activating group) is 1. The Hall–Kier alpha value is -1.73. The first-order chi connectivity index (χ1) is 20.1. The van der Waals surface area contributed by atoms with Crippen LogP contribution in [-0.2, 0) is 15.9 Å². The average molecular weight is 636 g/mol. The van der Waals surface area contributed by atoms with E-state index in [2.05, 4.69) is 29.1 Å². The molecule has 0 heterocycles. The van der Waals surface area contributed by atoms with Gasteiger partial charge in [-0.1, -0.05) is 26.8 Å². The summed E-state index contributed by atoms with van der Waals surface area (Å²) in [7, 11) is 1.86. The molecule has 248 valence electrons. The van der Waals surface area contributed by atoms with Gasteiger partial charge in [-0.15, -0.1) is 0 Å². The molecule has 0 amide bonds. The topological polar surface area (TPSA) is 39.7 Å². The van der Waals surface area contributed by atoms with Crippen molar-refractivity contribution >= 4 is 0 Å². The molecule has 5 atom stereocenters. The van der Waals surface area contributed by atoms with Gasteiger partial charge >= 0.3 is 24.1 Å². The molecule has 2 fully saturated rings. The zero-order chi connectivity index (χ0) is 32.3. The minimum Gasteiger partial charge on any atom is -0.492 e. The maximum atomic E-state index is 13.1. The molecular weight excluding hydrogens is 593 g/mol. The Kier molecular flexibility index (Phi) is 11.4. The summed E-state index contributed by atoms with van der Waals surface area (Å²) < 4.78 is 133. The highest BCUT2D eigenvalue weighted by atomic mass is 19.4. The van der Waals surface area contributed by atoms with E-state index in [9.17, 15) is 39.5 Å². The Bertz CT molecular complexity index is 1010. The third kappa shape index (κ3) is 6.93. The number of nitrogens with one attached hydrogen (secondary N) is 1. The quantitative estimate of drug-likeness (QED) is 0.207. The van der Waals surface area contributed by atoms with Crippen molar-refractivity contribution < 1.29 is 53.7 Å². The fraction of sp³-hybridized carbons (Fsp3) is 0.800. The van der Waals surface area contributed by atoms with E-state index in [1.165, 1.54) is 11.1 Å². The number of ether oxygens (including phenoxy) is 3. The summed E-state index contributed by atoms with van der Waals surface area (Å²) in [5.74, 6) is 1.97. The molecule has 5 unspecified atom stereocenters. The average Bonchev–Trinajstić information content (AvgIpc) is 3.25. The SMILES string of the molecule is CC.CNCCOc1ccc2c(c1)CCC1C2CCC2(C)C(OCCCOC(C(F)(F)F)(C(F)(F)F)C(F)(F)F)CCC12. The summed E-state index contributed by atoms with van der Waals surface area (Å²) in [5, 5.41) is 3.04. The smallest absolute Gasteiger partial charge is 0.435 e. The molecule has 1 aromatic rings. The van der Waals surface area contributed by atoms with E-state index >= 15 is 0 Å². The predicted molar refractivity (Wildman–Crippen MR) is 143 cm³/mol. The molecule has 0 saturated heterocycles. The van der Waals surface area contributed by atoms with E-state index in [1.54, 1.807) is 0 Å². The van der Waals surface area contributed by atoms with Crippen molar-refractivity contribution in [2.24, 2.45) is 17.3 Å². The highest BCUT2D eigenvalue weighted by Crippen LogP contribution is 2.62. The Labute approximate surface area is 247 Å². The van der Waals surface area contributed by atoms with Gasteiger partial charge in [-0.05, 0) is 98.4 Å². The highest BCUT2D eigenvalue weighted by molar-refractivity contribution is 5.40. The van der Waals surface area contributed by atoms with Crippen LogP contribution in [0.3, 0.4) is 0 Å². The van der Waals surface area contributed by atoms with Crippen LogP contribution in [0.5, 0.6) is 5.75 Å². The van der Waals surface area contributed by atoms with E-state index in [4.69, 9.17) is 9.47 Å². The minimum absolute atomic E-state index is 0.233. The monoisotopic (exact) mass is 635 g/mol.